The maximum absolute atomic E-state index is 12.6. The van der Waals surface area contributed by atoms with Gasteiger partial charge in [0.1, 0.15) is 12.4 Å². The van der Waals surface area contributed by atoms with Gasteiger partial charge in [-0.05, 0) is 86.3 Å². The third-order valence-electron chi connectivity index (χ3n) is 5.04. The Hall–Kier alpha value is -3.04. The number of carbonyl (C=O) groups is 2. The molecule has 0 spiro atoms. The number of ether oxygens (including phenoxy) is 5. The van der Waals surface area contributed by atoms with Crippen LogP contribution in [0.15, 0.2) is 57.5 Å². The average molecular weight is 608 g/mol. The number of halogens is 2. The van der Waals surface area contributed by atoms with Crippen LogP contribution < -0.4 is 18.9 Å². The largest absolute Gasteiger partial charge is 0.493 e. The van der Waals surface area contributed by atoms with Gasteiger partial charge >= 0.3 is 5.97 Å². The van der Waals surface area contributed by atoms with Crippen LogP contribution in [0.3, 0.4) is 0 Å². The molecule has 0 amide bonds. The minimum Gasteiger partial charge on any atom is -0.493 e. The van der Waals surface area contributed by atoms with Crippen molar-refractivity contribution in [3.05, 3.63) is 79.7 Å². The SMILES string of the molecule is COc1cc(C(=O)COC(=O)c2ccc(COc3c(Br)cc(C)cc3Br)cc2)cc(OC)c1OC. The summed E-state index contributed by atoms with van der Waals surface area (Å²) in [5.74, 6) is 0.728. The van der Waals surface area contributed by atoms with E-state index in [1.54, 1.807) is 24.3 Å². The van der Waals surface area contributed by atoms with Crippen molar-refractivity contribution in [1.82, 2.24) is 0 Å². The summed E-state index contributed by atoms with van der Waals surface area (Å²) in [6, 6.07) is 13.8. The highest BCUT2D eigenvalue weighted by molar-refractivity contribution is 9.11. The average Bonchev–Trinajstić information content (AvgIpc) is 2.85. The lowest BCUT2D eigenvalue weighted by molar-refractivity contribution is 0.0474. The molecule has 0 aliphatic rings. The van der Waals surface area contributed by atoms with Crippen molar-refractivity contribution in [2.24, 2.45) is 0 Å². The van der Waals surface area contributed by atoms with E-state index in [9.17, 15) is 9.59 Å². The van der Waals surface area contributed by atoms with Gasteiger partial charge in [-0.2, -0.15) is 0 Å². The first-order valence-electron chi connectivity index (χ1n) is 10.4. The first-order chi connectivity index (χ1) is 16.8. The summed E-state index contributed by atoms with van der Waals surface area (Å²) in [6.45, 7) is 1.88. The molecule has 184 valence electrons. The van der Waals surface area contributed by atoms with Crippen LogP contribution >= 0.6 is 31.9 Å². The number of methoxy groups -OCH3 is 3. The molecule has 3 aromatic rings. The van der Waals surface area contributed by atoms with Crippen molar-refractivity contribution in [2.45, 2.75) is 13.5 Å². The van der Waals surface area contributed by atoms with Crippen molar-refractivity contribution in [1.29, 1.82) is 0 Å². The topological polar surface area (TPSA) is 80.3 Å². The third kappa shape index (κ3) is 6.55. The van der Waals surface area contributed by atoms with E-state index in [0.717, 1.165) is 20.1 Å². The van der Waals surface area contributed by atoms with E-state index >= 15 is 0 Å². The summed E-state index contributed by atoms with van der Waals surface area (Å²) < 4.78 is 28.6. The molecule has 0 aliphatic carbocycles. The van der Waals surface area contributed by atoms with Crippen LogP contribution in [0.2, 0.25) is 0 Å². The Morgan fingerprint density at radius 1 is 0.771 bits per heavy atom. The van der Waals surface area contributed by atoms with Crippen molar-refractivity contribution in [3.63, 3.8) is 0 Å². The Morgan fingerprint density at radius 2 is 1.34 bits per heavy atom. The molecule has 0 unspecified atom stereocenters. The van der Waals surface area contributed by atoms with E-state index in [-0.39, 0.29) is 5.56 Å². The lowest BCUT2D eigenvalue weighted by Crippen LogP contribution is -2.14. The number of ketones is 1. The third-order valence-corrected chi connectivity index (χ3v) is 6.21. The summed E-state index contributed by atoms with van der Waals surface area (Å²) >= 11 is 7.01. The molecule has 3 aromatic carbocycles. The fraction of sp³-hybridized carbons (Fsp3) is 0.231. The molecular formula is C26H24Br2O7. The quantitative estimate of drug-likeness (QED) is 0.202. The van der Waals surface area contributed by atoms with Crippen molar-refractivity contribution < 1.29 is 33.3 Å². The molecule has 0 aromatic heterocycles. The standard InChI is InChI=1S/C26H24Br2O7/c1-15-9-19(27)24(20(28)10-15)34-13-16-5-7-17(8-6-16)26(30)35-14-21(29)18-11-22(31-2)25(33-4)23(12-18)32-3/h5-12H,13-14H2,1-4H3. The highest BCUT2D eigenvalue weighted by Crippen LogP contribution is 2.38. The van der Waals surface area contributed by atoms with E-state index in [1.165, 1.54) is 33.5 Å². The van der Waals surface area contributed by atoms with Gasteiger partial charge in [-0.25, -0.2) is 4.79 Å². The van der Waals surface area contributed by atoms with E-state index in [2.05, 4.69) is 31.9 Å². The fourth-order valence-corrected chi connectivity index (χ4v) is 4.90. The first-order valence-corrected chi connectivity index (χ1v) is 12.0. The molecule has 0 N–H and O–H groups in total. The van der Waals surface area contributed by atoms with Crippen molar-refractivity contribution >= 4 is 43.6 Å². The van der Waals surface area contributed by atoms with Crippen LogP contribution in [0.25, 0.3) is 0 Å². The molecule has 3 rings (SSSR count). The van der Waals surface area contributed by atoms with Gasteiger partial charge in [-0.1, -0.05) is 12.1 Å². The number of rotatable bonds is 10. The number of carbonyl (C=O) groups excluding carboxylic acids is 2. The molecule has 0 bridgehead atoms. The summed E-state index contributed by atoms with van der Waals surface area (Å²) in [7, 11) is 4.39. The Bertz CT molecular complexity index is 1170. The Kier molecular flexibility index (Phi) is 9.17. The number of esters is 1. The van der Waals surface area contributed by atoms with Crippen LogP contribution in [0.4, 0.5) is 0 Å². The van der Waals surface area contributed by atoms with Crippen LogP contribution in [-0.4, -0.2) is 39.7 Å². The highest BCUT2D eigenvalue weighted by atomic mass is 79.9. The van der Waals surface area contributed by atoms with Crippen LogP contribution in [-0.2, 0) is 11.3 Å². The Balaban J connectivity index is 1.60. The molecule has 0 aliphatic heterocycles. The highest BCUT2D eigenvalue weighted by Gasteiger charge is 2.18. The van der Waals surface area contributed by atoms with Gasteiger partial charge in [0.05, 0.1) is 35.8 Å². The van der Waals surface area contributed by atoms with E-state index in [1.807, 2.05) is 19.1 Å². The molecule has 7 nitrogen and oxygen atoms in total. The zero-order valence-electron chi connectivity index (χ0n) is 19.6. The molecule has 0 heterocycles. The van der Waals surface area contributed by atoms with Gasteiger partial charge in [-0.15, -0.1) is 0 Å². The van der Waals surface area contributed by atoms with Crippen LogP contribution in [0, 0.1) is 6.92 Å². The van der Waals surface area contributed by atoms with Gasteiger partial charge in [0.25, 0.3) is 0 Å². The van der Waals surface area contributed by atoms with Crippen molar-refractivity contribution in [3.8, 4) is 23.0 Å². The van der Waals surface area contributed by atoms with Gasteiger partial charge in [0, 0.05) is 5.56 Å². The molecule has 35 heavy (non-hydrogen) atoms. The minimum atomic E-state index is -0.609. The molecule has 0 radical (unpaired) electrons. The predicted octanol–water partition coefficient (Wildman–Crippen LogP) is 6.16. The van der Waals surface area contributed by atoms with Gasteiger partial charge < -0.3 is 23.7 Å². The normalized spacial score (nSPS) is 10.5. The fourth-order valence-electron chi connectivity index (χ4n) is 3.26. The van der Waals surface area contributed by atoms with Gasteiger partial charge in [0.15, 0.2) is 18.1 Å². The second kappa shape index (κ2) is 12.1. The predicted molar refractivity (Wildman–Crippen MR) is 138 cm³/mol. The summed E-state index contributed by atoms with van der Waals surface area (Å²) in [6.07, 6.45) is 0. The van der Waals surface area contributed by atoms with E-state index < -0.39 is 18.4 Å². The number of hydrogen-bond acceptors (Lipinski definition) is 7. The molecule has 0 saturated carbocycles. The lowest BCUT2D eigenvalue weighted by atomic mass is 10.1. The Morgan fingerprint density at radius 3 is 1.86 bits per heavy atom. The summed E-state index contributed by atoms with van der Waals surface area (Å²) in [4.78, 5) is 25.1. The second-order valence-corrected chi connectivity index (χ2v) is 9.17. The van der Waals surface area contributed by atoms with Gasteiger partial charge in [0.2, 0.25) is 11.5 Å². The number of aryl methyl sites for hydroxylation is 1. The summed E-state index contributed by atoms with van der Waals surface area (Å²) in [5.41, 5.74) is 2.56. The molecular weight excluding hydrogens is 584 g/mol. The maximum Gasteiger partial charge on any atom is 0.338 e. The molecule has 0 fully saturated rings. The molecule has 0 saturated heterocycles. The Labute approximate surface area is 220 Å². The van der Waals surface area contributed by atoms with E-state index in [0.29, 0.717) is 35.2 Å². The summed E-state index contributed by atoms with van der Waals surface area (Å²) in [5, 5.41) is 0. The minimum absolute atomic E-state index is 0.272. The maximum atomic E-state index is 12.6. The number of hydrogen-bond donors (Lipinski definition) is 0. The lowest BCUT2D eigenvalue weighted by Gasteiger charge is -2.13. The number of Topliss-reactive ketones (excluding diaryl/α,β-unsaturated/α-hetero) is 1. The zero-order chi connectivity index (χ0) is 25.5. The molecule has 0 atom stereocenters. The molecule has 9 heteroatoms. The second-order valence-electron chi connectivity index (χ2n) is 7.46. The van der Waals surface area contributed by atoms with Crippen LogP contribution in [0.5, 0.6) is 23.0 Å². The van der Waals surface area contributed by atoms with E-state index in [4.69, 9.17) is 23.7 Å². The zero-order valence-corrected chi connectivity index (χ0v) is 22.8. The van der Waals surface area contributed by atoms with Crippen LogP contribution in [0.1, 0.15) is 31.8 Å². The van der Waals surface area contributed by atoms with Crippen molar-refractivity contribution in [2.75, 3.05) is 27.9 Å². The van der Waals surface area contributed by atoms with Gasteiger partial charge in [-0.3, -0.25) is 4.79 Å². The monoisotopic (exact) mass is 606 g/mol. The smallest absolute Gasteiger partial charge is 0.338 e. The first kappa shape index (κ1) is 26.6. The number of benzene rings is 3.